The molecule has 1 aromatic carbocycles. The highest BCUT2D eigenvalue weighted by atomic mass is 16.5. The molecule has 0 spiro atoms. The van der Waals surface area contributed by atoms with E-state index in [9.17, 15) is 9.59 Å². The van der Waals surface area contributed by atoms with Crippen LogP contribution in [0.2, 0.25) is 0 Å². The van der Waals surface area contributed by atoms with Gasteiger partial charge in [-0.15, -0.1) is 0 Å². The van der Waals surface area contributed by atoms with Gasteiger partial charge in [-0.05, 0) is 30.7 Å². The summed E-state index contributed by atoms with van der Waals surface area (Å²) >= 11 is 0. The number of ether oxygens (including phenoxy) is 1. The predicted octanol–water partition coefficient (Wildman–Crippen LogP) is 2.97. The molecule has 34 heavy (non-hydrogen) atoms. The van der Waals surface area contributed by atoms with Crippen molar-refractivity contribution in [2.75, 3.05) is 26.3 Å². The van der Waals surface area contributed by atoms with Crippen molar-refractivity contribution in [1.29, 1.82) is 0 Å². The van der Waals surface area contributed by atoms with Gasteiger partial charge in [0, 0.05) is 52.7 Å². The highest BCUT2D eigenvalue weighted by molar-refractivity contribution is 5.96. The number of carbonyl (C=O) groups excluding carboxylic acids is 2. The van der Waals surface area contributed by atoms with Crippen molar-refractivity contribution >= 4 is 22.8 Å². The van der Waals surface area contributed by atoms with Crippen LogP contribution in [0.5, 0.6) is 0 Å². The average molecular weight is 458 g/mol. The van der Waals surface area contributed by atoms with E-state index >= 15 is 0 Å². The number of benzene rings is 1. The molecule has 2 aromatic heterocycles. The van der Waals surface area contributed by atoms with Crippen molar-refractivity contribution in [1.82, 2.24) is 20.1 Å². The first-order valence-corrected chi connectivity index (χ1v) is 11.4. The van der Waals surface area contributed by atoms with Crippen LogP contribution in [0.25, 0.3) is 22.2 Å². The number of pyridine rings is 1. The minimum atomic E-state index is -0.512. The van der Waals surface area contributed by atoms with Gasteiger partial charge in [-0.1, -0.05) is 37.3 Å². The fourth-order valence-electron chi connectivity index (χ4n) is 4.81. The Kier molecular flexibility index (Phi) is 5.53. The Balaban J connectivity index is 1.52. The van der Waals surface area contributed by atoms with Crippen molar-refractivity contribution in [3.63, 3.8) is 0 Å². The number of primary amides is 1. The van der Waals surface area contributed by atoms with Crippen molar-refractivity contribution in [2.45, 2.75) is 19.3 Å². The second-order valence-electron chi connectivity index (χ2n) is 9.03. The summed E-state index contributed by atoms with van der Waals surface area (Å²) in [4.78, 5) is 31.3. The second-order valence-corrected chi connectivity index (χ2v) is 9.03. The molecule has 5 rings (SSSR count). The Morgan fingerprint density at radius 2 is 2.00 bits per heavy atom. The lowest BCUT2D eigenvalue weighted by molar-refractivity contribution is -0.115. The molecule has 1 fully saturated rings. The zero-order valence-electron chi connectivity index (χ0n) is 19.2. The molecule has 1 aliphatic carbocycles. The quantitative estimate of drug-likeness (QED) is 0.625. The lowest BCUT2D eigenvalue weighted by atomic mass is 9.68. The van der Waals surface area contributed by atoms with Gasteiger partial charge in [0.2, 0.25) is 5.91 Å². The van der Waals surface area contributed by atoms with Crippen molar-refractivity contribution in [3.8, 4) is 11.1 Å². The number of nitrogens with zero attached hydrogens (tertiary/aromatic N) is 3. The number of H-pyrrole nitrogens is 1. The lowest BCUT2D eigenvalue weighted by Gasteiger charge is -2.35. The summed E-state index contributed by atoms with van der Waals surface area (Å²) in [5, 5.41) is 8.42. The van der Waals surface area contributed by atoms with Gasteiger partial charge in [0.25, 0.3) is 5.91 Å². The number of amides is 2. The van der Waals surface area contributed by atoms with Crippen LogP contribution < -0.4 is 5.73 Å². The summed E-state index contributed by atoms with van der Waals surface area (Å²) in [6.45, 7) is 6.37. The summed E-state index contributed by atoms with van der Waals surface area (Å²) in [5.41, 5.74) is 9.57. The maximum absolute atomic E-state index is 13.0. The Morgan fingerprint density at radius 3 is 2.76 bits per heavy atom. The Morgan fingerprint density at radius 1 is 1.21 bits per heavy atom. The Bertz CT molecular complexity index is 1340. The number of hydrogen-bond acceptors (Lipinski definition) is 5. The Hall–Kier alpha value is -3.78. The molecular formula is C26H27N5O3. The molecule has 2 atom stereocenters. The van der Waals surface area contributed by atoms with Crippen LogP contribution in [0.15, 0.2) is 60.3 Å². The topological polar surface area (TPSA) is 114 Å². The number of allylic oxidation sites excluding steroid dienone is 3. The first-order valence-electron chi connectivity index (χ1n) is 11.4. The number of nitrogens with one attached hydrogen (secondary N) is 1. The molecule has 2 amide bonds. The van der Waals surface area contributed by atoms with Gasteiger partial charge in [-0.25, -0.2) is 4.98 Å². The van der Waals surface area contributed by atoms with E-state index in [-0.39, 0.29) is 11.8 Å². The van der Waals surface area contributed by atoms with Gasteiger partial charge < -0.3 is 15.4 Å². The van der Waals surface area contributed by atoms with E-state index in [1.807, 2.05) is 48.2 Å². The van der Waals surface area contributed by atoms with E-state index in [0.29, 0.717) is 43.1 Å². The number of aromatic nitrogens is 3. The van der Waals surface area contributed by atoms with Crippen molar-refractivity contribution in [2.24, 2.45) is 11.7 Å². The van der Waals surface area contributed by atoms with E-state index < -0.39 is 11.3 Å². The lowest BCUT2D eigenvalue weighted by Crippen LogP contribution is -2.40. The van der Waals surface area contributed by atoms with Gasteiger partial charge in [-0.3, -0.25) is 14.7 Å². The van der Waals surface area contributed by atoms with Crippen molar-refractivity contribution < 1.29 is 14.3 Å². The summed E-state index contributed by atoms with van der Waals surface area (Å²) in [7, 11) is 0. The third-order valence-electron chi connectivity index (χ3n) is 7.06. The molecule has 0 bridgehead atoms. The van der Waals surface area contributed by atoms with Crippen LogP contribution in [-0.4, -0.2) is 58.2 Å². The molecule has 0 saturated carbocycles. The highest BCUT2D eigenvalue weighted by Crippen LogP contribution is 2.42. The summed E-state index contributed by atoms with van der Waals surface area (Å²) < 4.78 is 5.36. The van der Waals surface area contributed by atoms with E-state index in [1.165, 1.54) is 0 Å². The molecule has 3 heterocycles. The van der Waals surface area contributed by atoms with Crippen LogP contribution in [0.1, 0.15) is 29.9 Å². The maximum Gasteiger partial charge on any atom is 0.254 e. The number of hydrogen-bond donors (Lipinski definition) is 2. The number of nitrogens with two attached hydrogens (primary N) is 1. The van der Waals surface area contributed by atoms with Gasteiger partial charge in [0.15, 0.2) is 5.65 Å². The van der Waals surface area contributed by atoms with Gasteiger partial charge >= 0.3 is 0 Å². The molecule has 1 saturated heterocycles. The molecule has 2 aliphatic rings. The smallest absolute Gasteiger partial charge is 0.254 e. The maximum atomic E-state index is 13.0. The fourth-order valence-corrected chi connectivity index (χ4v) is 4.81. The summed E-state index contributed by atoms with van der Waals surface area (Å²) in [6.07, 6.45) is 7.46. The third-order valence-corrected chi connectivity index (χ3v) is 7.06. The summed E-state index contributed by atoms with van der Waals surface area (Å²) in [6, 6.07) is 9.63. The van der Waals surface area contributed by atoms with Crippen LogP contribution in [0.3, 0.4) is 0 Å². The molecule has 3 N–H and O–H groups in total. The van der Waals surface area contributed by atoms with E-state index in [4.69, 9.17) is 10.5 Å². The number of aromatic amines is 1. The predicted molar refractivity (Wildman–Crippen MR) is 129 cm³/mol. The van der Waals surface area contributed by atoms with Crippen LogP contribution >= 0.6 is 0 Å². The standard InChI is InChI=1S/C26H27N5O3/c1-16-20(23(27)32)7-4-8-26(16,2)22-21-14-19(15-28-24(21)30-29-22)17-5-3-6-18(13-17)25(33)31-9-11-34-12-10-31/h3-8,13-16H,9-12H2,1-2H3,(H2,27,32)(H,28,29,30). The summed E-state index contributed by atoms with van der Waals surface area (Å²) in [5.74, 6) is -0.563. The first kappa shape index (κ1) is 22.0. The van der Waals surface area contributed by atoms with E-state index in [1.54, 1.807) is 12.3 Å². The van der Waals surface area contributed by atoms with Gasteiger partial charge in [0.1, 0.15) is 0 Å². The van der Waals surface area contributed by atoms with Crippen molar-refractivity contribution in [3.05, 3.63) is 71.6 Å². The molecule has 174 valence electrons. The van der Waals surface area contributed by atoms with E-state index in [2.05, 4.69) is 28.2 Å². The minimum absolute atomic E-state index is 0.00244. The third kappa shape index (κ3) is 3.70. The molecule has 8 nitrogen and oxygen atoms in total. The monoisotopic (exact) mass is 457 g/mol. The molecular weight excluding hydrogens is 430 g/mol. The molecule has 0 radical (unpaired) electrons. The number of rotatable bonds is 4. The average Bonchev–Trinajstić information content (AvgIpc) is 3.30. The van der Waals surface area contributed by atoms with Gasteiger partial charge in [-0.2, -0.15) is 5.10 Å². The first-order chi connectivity index (χ1) is 16.4. The highest BCUT2D eigenvalue weighted by Gasteiger charge is 2.39. The van der Waals surface area contributed by atoms with Crippen LogP contribution in [0, 0.1) is 5.92 Å². The van der Waals surface area contributed by atoms with Crippen LogP contribution in [-0.2, 0) is 14.9 Å². The SMILES string of the molecule is CC1C(C(N)=O)=CC=CC1(C)c1[nH]nc2ncc(-c3cccc(C(=O)N4CCOCC4)c3)cc12. The van der Waals surface area contributed by atoms with Crippen LogP contribution in [0.4, 0.5) is 0 Å². The molecule has 3 aromatic rings. The second kappa shape index (κ2) is 8.53. The van der Waals surface area contributed by atoms with Gasteiger partial charge in [0.05, 0.1) is 18.9 Å². The normalized spacial score (nSPS) is 22.6. The number of carbonyl (C=O) groups is 2. The largest absolute Gasteiger partial charge is 0.378 e. The number of fused-ring (bicyclic) bond motifs is 1. The molecule has 8 heteroatoms. The zero-order chi connectivity index (χ0) is 23.9. The number of morpholine rings is 1. The fraction of sp³-hybridized carbons (Fsp3) is 0.308. The minimum Gasteiger partial charge on any atom is -0.378 e. The zero-order valence-corrected chi connectivity index (χ0v) is 19.2. The molecule has 2 unspecified atom stereocenters. The Labute approximate surface area is 197 Å². The van der Waals surface area contributed by atoms with E-state index in [0.717, 1.165) is 22.2 Å². The molecule has 1 aliphatic heterocycles.